The van der Waals surface area contributed by atoms with Gasteiger partial charge in [-0.1, -0.05) is 42.5 Å². The van der Waals surface area contributed by atoms with E-state index in [1.807, 2.05) is 37.0 Å². The zero-order chi connectivity index (χ0) is 19.7. The van der Waals surface area contributed by atoms with Crippen molar-refractivity contribution in [2.75, 3.05) is 12.3 Å². The summed E-state index contributed by atoms with van der Waals surface area (Å²) in [5.74, 6) is -0.186. The van der Waals surface area contributed by atoms with Gasteiger partial charge < -0.3 is 10.3 Å². The summed E-state index contributed by atoms with van der Waals surface area (Å²) in [5, 5.41) is 6.43. The Morgan fingerprint density at radius 3 is 2.63 bits per heavy atom. The first kappa shape index (κ1) is 19.5. The fourth-order valence-corrected chi connectivity index (χ4v) is 4.95. The normalized spacial score (nSPS) is 20.0. The van der Waals surface area contributed by atoms with Crippen LogP contribution in [0, 0.1) is 10.8 Å². The lowest BCUT2D eigenvalue weighted by Gasteiger charge is -2.36. The summed E-state index contributed by atoms with van der Waals surface area (Å²) >= 11 is 0. The number of benzene rings is 1. The van der Waals surface area contributed by atoms with Gasteiger partial charge in [-0.3, -0.25) is 4.79 Å². The van der Waals surface area contributed by atoms with Crippen molar-refractivity contribution in [3.63, 3.8) is 0 Å². The van der Waals surface area contributed by atoms with Gasteiger partial charge in [0.05, 0.1) is 16.4 Å². The molecule has 2 aliphatic rings. The van der Waals surface area contributed by atoms with Crippen LogP contribution in [0.2, 0.25) is 0 Å². The van der Waals surface area contributed by atoms with Crippen LogP contribution in [0.1, 0.15) is 31.4 Å². The molecule has 0 radical (unpaired) electrons. The maximum Gasteiger partial charge on any atom is 0.232 e. The first-order valence-electron chi connectivity index (χ1n) is 9.21. The summed E-state index contributed by atoms with van der Waals surface area (Å²) in [4.78, 5) is 15.1. The summed E-state index contributed by atoms with van der Waals surface area (Å²) in [6.45, 7) is 5.12. The van der Waals surface area contributed by atoms with Crippen LogP contribution in [0.3, 0.4) is 0 Å². The van der Waals surface area contributed by atoms with Gasteiger partial charge in [0.1, 0.15) is 0 Å². The average Bonchev–Trinajstić information content (AvgIpc) is 2.67. The molecule has 1 heterocycles. The molecule has 0 fully saturated rings. The number of rotatable bonds is 5. The second-order valence-electron chi connectivity index (χ2n) is 7.70. The molecule has 144 valence electrons. The Bertz CT molecular complexity index is 913. The standard InChI is InChI=1S/C21H26N2O3S/c1-21(2,18-7-9-19(10-8-18)27(25,26)14-12-22)20(24)23-13-11-16-5-3-4-6-17(16)15-23/h3-9,12,19,22H,10-11,13-15H2,1-2H3. The molecular formula is C21H26N2O3S. The van der Waals surface area contributed by atoms with Crippen LogP contribution in [0.25, 0.3) is 0 Å². The molecule has 1 aliphatic carbocycles. The van der Waals surface area contributed by atoms with E-state index in [0.717, 1.165) is 18.2 Å². The summed E-state index contributed by atoms with van der Waals surface area (Å²) in [7, 11) is -3.35. The molecule has 1 amide bonds. The van der Waals surface area contributed by atoms with Gasteiger partial charge in [0, 0.05) is 19.3 Å². The van der Waals surface area contributed by atoms with E-state index in [4.69, 9.17) is 5.41 Å². The maximum absolute atomic E-state index is 13.2. The van der Waals surface area contributed by atoms with E-state index < -0.39 is 20.5 Å². The van der Waals surface area contributed by atoms with E-state index in [0.29, 0.717) is 19.5 Å². The van der Waals surface area contributed by atoms with Crippen LogP contribution in [-0.2, 0) is 27.6 Å². The van der Waals surface area contributed by atoms with Gasteiger partial charge in [0.15, 0.2) is 9.84 Å². The number of allylic oxidation sites excluding steroid dienone is 2. The predicted molar refractivity (Wildman–Crippen MR) is 108 cm³/mol. The van der Waals surface area contributed by atoms with Crippen LogP contribution < -0.4 is 0 Å². The van der Waals surface area contributed by atoms with Crippen LogP contribution in [0.4, 0.5) is 0 Å². The van der Waals surface area contributed by atoms with Gasteiger partial charge >= 0.3 is 0 Å². The van der Waals surface area contributed by atoms with Crippen molar-refractivity contribution >= 4 is 22.0 Å². The van der Waals surface area contributed by atoms with Crippen LogP contribution >= 0.6 is 0 Å². The van der Waals surface area contributed by atoms with E-state index in [9.17, 15) is 13.2 Å². The summed E-state index contributed by atoms with van der Waals surface area (Å²) in [6, 6.07) is 8.21. The molecule has 5 nitrogen and oxygen atoms in total. The highest BCUT2D eigenvalue weighted by Crippen LogP contribution is 2.35. The highest BCUT2D eigenvalue weighted by molar-refractivity contribution is 7.92. The van der Waals surface area contributed by atoms with Crippen molar-refractivity contribution in [1.82, 2.24) is 4.90 Å². The molecule has 1 atom stereocenters. The SMILES string of the molecule is CC(C)(C(=O)N1CCc2ccccc2C1)C1=CCC(S(=O)(=O)CC=N)C=C1. The van der Waals surface area contributed by atoms with E-state index in [1.54, 1.807) is 12.2 Å². The molecule has 0 bridgehead atoms. The highest BCUT2D eigenvalue weighted by atomic mass is 32.2. The van der Waals surface area contributed by atoms with Crippen LogP contribution in [0.15, 0.2) is 48.1 Å². The summed E-state index contributed by atoms with van der Waals surface area (Å²) in [5.41, 5.74) is 2.64. The Morgan fingerprint density at radius 2 is 2.00 bits per heavy atom. The number of sulfone groups is 1. The molecular weight excluding hydrogens is 360 g/mol. The van der Waals surface area contributed by atoms with E-state index in [2.05, 4.69) is 12.1 Å². The number of hydrogen-bond donors (Lipinski definition) is 1. The third kappa shape index (κ3) is 3.90. The Kier molecular flexibility index (Phi) is 5.38. The zero-order valence-corrected chi connectivity index (χ0v) is 16.6. The van der Waals surface area contributed by atoms with Gasteiger partial charge in [0.25, 0.3) is 0 Å². The molecule has 0 spiro atoms. The minimum atomic E-state index is -3.35. The largest absolute Gasteiger partial charge is 0.337 e. The average molecular weight is 387 g/mol. The number of amides is 1. The molecule has 3 rings (SSSR count). The van der Waals surface area contributed by atoms with Gasteiger partial charge in [-0.2, -0.15) is 0 Å². The Morgan fingerprint density at radius 1 is 1.30 bits per heavy atom. The van der Waals surface area contributed by atoms with Crippen LogP contribution in [-0.4, -0.2) is 43.0 Å². The fraction of sp³-hybridized carbons (Fsp3) is 0.429. The predicted octanol–water partition coefficient (Wildman–Crippen LogP) is 2.92. The second-order valence-corrected chi connectivity index (χ2v) is 9.96. The number of nitrogens with one attached hydrogen (secondary N) is 1. The Labute approximate surface area is 161 Å². The van der Waals surface area contributed by atoms with Crippen molar-refractivity contribution < 1.29 is 13.2 Å². The van der Waals surface area contributed by atoms with Crippen molar-refractivity contribution in [2.45, 2.75) is 38.5 Å². The Balaban J connectivity index is 1.74. The topological polar surface area (TPSA) is 78.3 Å². The molecule has 6 heteroatoms. The third-order valence-corrected chi connectivity index (χ3v) is 7.42. The Hall–Kier alpha value is -2.21. The third-order valence-electron chi connectivity index (χ3n) is 5.51. The molecule has 0 saturated heterocycles. The highest BCUT2D eigenvalue weighted by Gasteiger charge is 2.37. The van der Waals surface area contributed by atoms with Gasteiger partial charge in [-0.05, 0) is 43.4 Å². The number of hydrogen-bond acceptors (Lipinski definition) is 4. The first-order valence-corrected chi connectivity index (χ1v) is 10.9. The molecule has 1 aromatic rings. The lowest BCUT2D eigenvalue weighted by Crippen LogP contribution is -2.44. The second kappa shape index (κ2) is 7.43. The lowest BCUT2D eigenvalue weighted by atomic mass is 9.79. The van der Waals surface area contributed by atoms with E-state index in [1.165, 1.54) is 11.1 Å². The molecule has 27 heavy (non-hydrogen) atoms. The molecule has 1 N–H and O–H groups in total. The smallest absolute Gasteiger partial charge is 0.232 e. The number of carbonyl (C=O) groups is 1. The molecule has 1 aromatic carbocycles. The van der Waals surface area contributed by atoms with Gasteiger partial charge in [-0.25, -0.2) is 8.42 Å². The van der Waals surface area contributed by atoms with Crippen molar-refractivity contribution in [1.29, 1.82) is 5.41 Å². The van der Waals surface area contributed by atoms with Crippen molar-refractivity contribution in [3.05, 3.63) is 59.2 Å². The summed E-state index contributed by atoms with van der Waals surface area (Å²) < 4.78 is 24.3. The first-order chi connectivity index (χ1) is 12.8. The van der Waals surface area contributed by atoms with E-state index >= 15 is 0 Å². The lowest BCUT2D eigenvalue weighted by molar-refractivity contribution is -0.139. The van der Waals surface area contributed by atoms with Gasteiger partial charge in [-0.15, -0.1) is 0 Å². The number of fused-ring (bicyclic) bond motifs is 1. The molecule has 0 aromatic heterocycles. The van der Waals surface area contributed by atoms with Crippen molar-refractivity contribution in [3.8, 4) is 0 Å². The molecule has 1 aliphatic heterocycles. The zero-order valence-electron chi connectivity index (χ0n) is 15.8. The molecule has 1 unspecified atom stereocenters. The fourth-order valence-electron chi connectivity index (χ4n) is 3.76. The monoisotopic (exact) mass is 386 g/mol. The van der Waals surface area contributed by atoms with Crippen LogP contribution in [0.5, 0.6) is 0 Å². The summed E-state index contributed by atoms with van der Waals surface area (Å²) in [6.07, 6.45) is 7.42. The van der Waals surface area contributed by atoms with E-state index in [-0.39, 0.29) is 11.7 Å². The molecule has 0 saturated carbocycles. The quantitative estimate of drug-likeness (QED) is 0.791. The number of nitrogens with zero attached hydrogens (tertiary/aromatic N) is 1. The maximum atomic E-state index is 13.2. The minimum Gasteiger partial charge on any atom is -0.337 e. The minimum absolute atomic E-state index is 0.0636. The van der Waals surface area contributed by atoms with Gasteiger partial charge in [0.2, 0.25) is 5.91 Å². The van der Waals surface area contributed by atoms with Crippen molar-refractivity contribution in [2.24, 2.45) is 5.41 Å². The number of carbonyl (C=O) groups excluding carboxylic acids is 1.